The van der Waals surface area contributed by atoms with Gasteiger partial charge in [-0.2, -0.15) is 10.4 Å². The van der Waals surface area contributed by atoms with Crippen LogP contribution in [0, 0.1) is 11.3 Å². The van der Waals surface area contributed by atoms with Crippen LogP contribution >= 0.6 is 22.9 Å². The Kier molecular flexibility index (Phi) is 5.65. The van der Waals surface area contributed by atoms with Crippen molar-refractivity contribution in [1.82, 2.24) is 14.8 Å². The lowest BCUT2D eigenvalue weighted by atomic mass is 10.1. The zero-order chi connectivity index (χ0) is 22.0. The molecule has 2 heterocycles. The summed E-state index contributed by atoms with van der Waals surface area (Å²) in [7, 11) is -2.11. The highest BCUT2D eigenvalue weighted by Crippen LogP contribution is 2.36. The van der Waals surface area contributed by atoms with Crippen molar-refractivity contribution in [1.29, 1.82) is 5.26 Å². The molecule has 2 aromatic heterocycles. The number of nitrogens with zero attached hydrogens (tertiary/aromatic N) is 4. The lowest BCUT2D eigenvalue weighted by Gasteiger charge is -2.13. The Balaban J connectivity index is 1.68. The third kappa shape index (κ3) is 4.54. The molecule has 4 rings (SSSR count). The number of nitriles is 1. The minimum atomic E-state index is -3.90. The molecular weight excluding hydrogens is 458 g/mol. The Hall–Kier alpha value is -3.39. The predicted molar refractivity (Wildman–Crippen MR) is 118 cm³/mol. The summed E-state index contributed by atoms with van der Waals surface area (Å²) in [6.07, 6.45) is 3.48. The molecule has 0 atom stereocenters. The second-order valence-electron chi connectivity index (χ2n) is 6.39. The normalized spacial score (nSPS) is 11.1. The standard InChI is InChI=1S/C20H14ClN5O3S2/c1-26-10-14(9-24-26)17-7-15(21)2-4-19(17)29-18-5-3-16(6-13(18)8-22)31(27,28)25-20-11-30-12-23-20/h2-7,9-12,25H,1H3. The van der Waals surface area contributed by atoms with Crippen molar-refractivity contribution in [2.75, 3.05) is 4.72 Å². The Bertz CT molecular complexity index is 1390. The van der Waals surface area contributed by atoms with Crippen LogP contribution in [0.5, 0.6) is 11.5 Å². The van der Waals surface area contributed by atoms with Crippen LogP contribution in [-0.4, -0.2) is 23.2 Å². The summed E-state index contributed by atoms with van der Waals surface area (Å²) >= 11 is 7.41. The zero-order valence-corrected chi connectivity index (χ0v) is 18.4. The van der Waals surface area contributed by atoms with Gasteiger partial charge in [0, 0.05) is 34.8 Å². The van der Waals surface area contributed by atoms with E-state index in [2.05, 4.69) is 14.8 Å². The first-order chi connectivity index (χ1) is 14.9. The summed E-state index contributed by atoms with van der Waals surface area (Å²) in [6.45, 7) is 0. The van der Waals surface area contributed by atoms with Gasteiger partial charge in [0.25, 0.3) is 10.0 Å². The maximum atomic E-state index is 12.6. The SMILES string of the molecule is Cn1cc(-c2cc(Cl)ccc2Oc2ccc(S(=O)(=O)Nc3cscn3)cc2C#N)cn1. The number of nitrogens with one attached hydrogen (secondary N) is 1. The molecule has 31 heavy (non-hydrogen) atoms. The fourth-order valence-electron chi connectivity index (χ4n) is 2.81. The first kappa shape index (κ1) is 20.9. The van der Waals surface area contributed by atoms with E-state index in [0.717, 1.165) is 5.56 Å². The first-order valence-corrected chi connectivity index (χ1v) is 11.6. The van der Waals surface area contributed by atoms with Gasteiger partial charge >= 0.3 is 0 Å². The summed E-state index contributed by atoms with van der Waals surface area (Å²) in [6, 6.07) is 11.1. The lowest BCUT2D eigenvalue weighted by molar-refractivity contribution is 0.482. The number of halogens is 1. The van der Waals surface area contributed by atoms with Crippen LogP contribution in [0.2, 0.25) is 5.02 Å². The Morgan fingerprint density at radius 1 is 1.23 bits per heavy atom. The predicted octanol–water partition coefficient (Wildman–Crippen LogP) is 4.66. The molecule has 2 aromatic carbocycles. The average Bonchev–Trinajstić information content (AvgIpc) is 3.40. The first-order valence-electron chi connectivity index (χ1n) is 8.77. The van der Waals surface area contributed by atoms with E-state index in [1.165, 1.54) is 35.0 Å². The van der Waals surface area contributed by atoms with Gasteiger partial charge in [-0.05, 0) is 36.4 Å². The molecule has 11 heteroatoms. The third-order valence-electron chi connectivity index (χ3n) is 4.23. The monoisotopic (exact) mass is 471 g/mol. The number of benzene rings is 2. The number of hydrogen-bond donors (Lipinski definition) is 1. The molecule has 0 fully saturated rings. The van der Waals surface area contributed by atoms with E-state index in [4.69, 9.17) is 16.3 Å². The number of aromatic nitrogens is 3. The Labute approximate surface area is 187 Å². The molecule has 0 saturated heterocycles. The number of sulfonamides is 1. The maximum absolute atomic E-state index is 12.6. The van der Waals surface area contributed by atoms with Crippen LogP contribution < -0.4 is 9.46 Å². The van der Waals surface area contributed by atoms with Crippen LogP contribution in [0.3, 0.4) is 0 Å². The quantitative estimate of drug-likeness (QED) is 0.438. The average molecular weight is 472 g/mol. The van der Waals surface area contributed by atoms with Crippen molar-refractivity contribution in [3.63, 3.8) is 0 Å². The van der Waals surface area contributed by atoms with Gasteiger partial charge < -0.3 is 4.74 Å². The van der Waals surface area contributed by atoms with Gasteiger partial charge in [0.1, 0.15) is 17.6 Å². The second kappa shape index (κ2) is 8.39. The fraction of sp³-hybridized carbons (Fsp3) is 0.0500. The number of aryl methyl sites for hydroxylation is 1. The van der Waals surface area contributed by atoms with E-state index in [1.54, 1.807) is 41.5 Å². The van der Waals surface area contributed by atoms with Crippen LogP contribution in [0.25, 0.3) is 11.1 Å². The molecular formula is C20H14ClN5O3S2. The highest BCUT2D eigenvalue weighted by molar-refractivity contribution is 7.92. The third-order valence-corrected chi connectivity index (χ3v) is 6.40. The molecule has 0 radical (unpaired) electrons. The van der Waals surface area contributed by atoms with Crippen LogP contribution in [0.4, 0.5) is 5.82 Å². The van der Waals surface area contributed by atoms with E-state index in [0.29, 0.717) is 16.3 Å². The number of rotatable bonds is 6. The summed E-state index contributed by atoms with van der Waals surface area (Å²) in [4.78, 5) is 3.84. The van der Waals surface area contributed by atoms with Gasteiger partial charge in [0.05, 0.1) is 22.2 Å². The number of anilines is 1. The van der Waals surface area contributed by atoms with Crippen molar-refractivity contribution in [2.45, 2.75) is 4.90 Å². The Morgan fingerprint density at radius 2 is 2.03 bits per heavy atom. The van der Waals surface area contributed by atoms with E-state index < -0.39 is 10.0 Å². The molecule has 0 unspecified atom stereocenters. The molecule has 4 aromatic rings. The topological polar surface area (TPSA) is 110 Å². The van der Waals surface area contributed by atoms with Crippen molar-refractivity contribution in [3.05, 3.63) is 70.3 Å². The van der Waals surface area contributed by atoms with Crippen LogP contribution in [0.1, 0.15) is 5.56 Å². The number of hydrogen-bond acceptors (Lipinski definition) is 7. The molecule has 0 saturated carbocycles. The molecule has 0 aliphatic rings. The molecule has 0 spiro atoms. The summed E-state index contributed by atoms with van der Waals surface area (Å²) < 4.78 is 35.2. The number of ether oxygens (including phenoxy) is 1. The van der Waals surface area contributed by atoms with E-state index >= 15 is 0 Å². The molecule has 0 aliphatic carbocycles. The fourth-order valence-corrected chi connectivity index (χ4v) is 4.56. The van der Waals surface area contributed by atoms with E-state index in [1.807, 2.05) is 12.3 Å². The van der Waals surface area contributed by atoms with Gasteiger partial charge in [-0.3, -0.25) is 9.40 Å². The summed E-state index contributed by atoms with van der Waals surface area (Å²) in [5.41, 5.74) is 3.05. The van der Waals surface area contributed by atoms with Crippen LogP contribution in [-0.2, 0) is 17.1 Å². The van der Waals surface area contributed by atoms with E-state index in [9.17, 15) is 13.7 Å². The molecule has 8 nitrogen and oxygen atoms in total. The molecule has 0 bridgehead atoms. The lowest BCUT2D eigenvalue weighted by Crippen LogP contribution is -2.13. The molecule has 1 N–H and O–H groups in total. The van der Waals surface area contributed by atoms with Gasteiger partial charge in [-0.25, -0.2) is 13.4 Å². The van der Waals surface area contributed by atoms with Crippen molar-refractivity contribution in [2.24, 2.45) is 7.05 Å². The molecule has 0 aliphatic heterocycles. The smallest absolute Gasteiger partial charge is 0.263 e. The van der Waals surface area contributed by atoms with Crippen LogP contribution in [0.15, 0.2) is 64.6 Å². The highest BCUT2D eigenvalue weighted by Gasteiger charge is 2.19. The van der Waals surface area contributed by atoms with Crippen molar-refractivity contribution in [3.8, 4) is 28.7 Å². The summed E-state index contributed by atoms with van der Waals surface area (Å²) in [5, 5.41) is 15.8. The largest absolute Gasteiger partial charge is 0.455 e. The second-order valence-corrected chi connectivity index (χ2v) is 9.23. The molecule has 156 valence electrons. The van der Waals surface area contributed by atoms with Gasteiger partial charge in [0.2, 0.25) is 0 Å². The minimum Gasteiger partial charge on any atom is -0.455 e. The molecule has 0 amide bonds. The van der Waals surface area contributed by atoms with Gasteiger partial charge in [-0.15, -0.1) is 11.3 Å². The van der Waals surface area contributed by atoms with Gasteiger partial charge in [0.15, 0.2) is 5.82 Å². The number of thiazole rings is 1. The highest BCUT2D eigenvalue weighted by atomic mass is 35.5. The minimum absolute atomic E-state index is 0.0632. The maximum Gasteiger partial charge on any atom is 0.263 e. The van der Waals surface area contributed by atoms with Crippen molar-refractivity contribution >= 4 is 38.8 Å². The summed E-state index contributed by atoms with van der Waals surface area (Å²) in [5.74, 6) is 0.874. The Morgan fingerprint density at radius 3 is 2.71 bits per heavy atom. The van der Waals surface area contributed by atoms with E-state index in [-0.39, 0.29) is 22.0 Å². The van der Waals surface area contributed by atoms with Crippen molar-refractivity contribution < 1.29 is 13.2 Å². The zero-order valence-electron chi connectivity index (χ0n) is 16.0. The van der Waals surface area contributed by atoms with Gasteiger partial charge in [-0.1, -0.05) is 11.6 Å².